The van der Waals surface area contributed by atoms with Gasteiger partial charge in [-0.05, 0) is 24.3 Å². The van der Waals surface area contributed by atoms with Gasteiger partial charge in [0.05, 0.1) is 6.61 Å². The van der Waals surface area contributed by atoms with Crippen LogP contribution in [0.3, 0.4) is 0 Å². The number of methoxy groups -OCH3 is 1. The smallest absolute Gasteiger partial charge is 0.120 e. The van der Waals surface area contributed by atoms with Gasteiger partial charge in [-0.2, -0.15) is 0 Å². The lowest BCUT2D eigenvalue weighted by molar-refractivity contribution is 0.185. The van der Waals surface area contributed by atoms with E-state index in [-0.39, 0.29) is 0 Å². The van der Waals surface area contributed by atoms with Crippen LogP contribution < -0.4 is 10.1 Å². The monoisotopic (exact) mass is 335 g/mol. The van der Waals surface area contributed by atoms with Crippen molar-refractivity contribution in [3.05, 3.63) is 58.6 Å². The predicted octanol–water partition coefficient (Wildman–Crippen LogP) is 4.09. The molecule has 0 heterocycles. The molecular formula is C16H18BrNO2. The van der Waals surface area contributed by atoms with Crippen LogP contribution in [0.2, 0.25) is 0 Å². The molecule has 0 aliphatic heterocycles. The van der Waals surface area contributed by atoms with Gasteiger partial charge in [0, 0.05) is 29.4 Å². The highest BCUT2D eigenvalue weighted by Crippen LogP contribution is 2.18. The molecule has 0 radical (unpaired) electrons. The van der Waals surface area contributed by atoms with Crippen molar-refractivity contribution in [3.8, 4) is 5.75 Å². The lowest BCUT2D eigenvalue weighted by atomic mass is 10.2. The Morgan fingerprint density at radius 3 is 2.75 bits per heavy atom. The molecule has 1 N–H and O–H groups in total. The zero-order chi connectivity index (χ0) is 14.2. The summed E-state index contributed by atoms with van der Waals surface area (Å²) in [7, 11) is 1.70. The lowest BCUT2D eigenvalue weighted by Crippen LogP contribution is -2.12. The fourth-order valence-corrected chi connectivity index (χ4v) is 2.26. The Balaban J connectivity index is 1.81. The second kappa shape index (κ2) is 7.92. The maximum Gasteiger partial charge on any atom is 0.120 e. The fourth-order valence-electron chi connectivity index (χ4n) is 1.89. The van der Waals surface area contributed by atoms with Crippen LogP contribution in [0.5, 0.6) is 5.75 Å². The molecular weight excluding hydrogens is 318 g/mol. The third kappa shape index (κ3) is 4.54. The van der Waals surface area contributed by atoms with Gasteiger partial charge in [0.25, 0.3) is 0 Å². The van der Waals surface area contributed by atoms with E-state index in [1.807, 2.05) is 42.5 Å². The number of hydrogen-bond donors (Lipinski definition) is 1. The van der Waals surface area contributed by atoms with Gasteiger partial charge in [0.2, 0.25) is 0 Å². The van der Waals surface area contributed by atoms with E-state index in [1.165, 1.54) is 0 Å². The Bertz CT molecular complexity index is 546. The van der Waals surface area contributed by atoms with Gasteiger partial charge < -0.3 is 14.8 Å². The highest BCUT2D eigenvalue weighted by atomic mass is 79.9. The first-order valence-corrected chi connectivity index (χ1v) is 7.28. The van der Waals surface area contributed by atoms with Crippen LogP contribution in [-0.4, -0.2) is 20.3 Å². The number of nitrogens with one attached hydrogen (secondary N) is 1. The average Bonchev–Trinajstić information content (AvgIpc) is 2.46. The van der Waals surface area contributed by atoms with Crippen molar-refractivity contribution < 1.29 is 9.47 Å². The highest BCUT2D eigenvalue weighted by Gasteiger charge is 2.00. The molecule has 0 unspecified atom stereocenters. The summed E-state index contributed by atoms with van der Waals surface area (Å²) in [4.78, 5) is 0. The number of hydrogen-bond acceptors (Lipinski definition) is 3. The molecule has 0 aliphatic carbocycles. The molecule has 106 valence electrons. The van der Waals surface area contributed by atoms with Gasteiger partial charge in [-0.1, -0.05) is 40.2 Å². The molecule has 0 fully saturated rings. The topological polar surface area (TPSA) is 30.5 Å². The molecule has 4 heteroatoms. The lowest BCUT2D eigenvalue weighted by Gasteiger charge is -2.12. The van der Waals surface area contributed by atoms with Crippen LogP contribution in [0.15, 0.2) is 53.0 Å². The summed E-state index contributed by atoms with van der Waals surface area (Å²) in [6.45, 7) is 1.96. The van der Waals surface area contributed by atoms with E-state index in [0.29, 0.717) is 13.2 Å². The maximum absolute atomic E-state index is 5.68. The molecule has 0 saturated heterocycles. The zero-order valence-corrected chi connectivity index (χ0v) is 13.0. The number of anilines is 1. The Morgan fingerprint density at radius 2 is 1.95 bits per heavy atom. The van der Waals surface area contributed by atoms with E-state index in [4.69, 9.17) is 9.47 Å². The van der Waals surface area contributed by atoms with Crippen LogP contribution >= 0.6 is 15.9 Å². The van der Waals surface area contributed by atoms with Gasteiger partial charge in [-0.3, -0.25) is 0 Å². The van der Waals surface area contributed by atoms with Gasteiger partial charge in [-0.15, -0.1) is 0 Å². The van der Waals surface area contributed by atoms with Crippen molar-refractivity contribution in [2.45, 2.75) is 6.61 Å². The molecule has 0 bridgehead atoms. The van der Waals surface area contributed by atoms with Gasteiger partial charge >= 0.3 is 0 Å². The standard InChI is InChI=1S/C16H18BrNO2/c1-19-12-13-5-2-3-8-16(13)18-9-10-20-15-7-4-6-14(17)11-15/h2-8,11,18H,9-10,12H2,1H3. The third-order valence-corrected chi connectivity index (χ3v) is 3.29. The highest BCUT2D eigenvalue weighted by molar-refractivity contribution is 9.10. The van der Waals surface area contributed by atoms with Gasteiger partial charge in [-0.25, -0.2) is 0 Å². The number of para-hydroxylation sites is 1. The molecule has 0 amide bonds. The Morgan fingerprint density at radius 1 is 1.10 bits per heavy atom. The van der Waals surface area contributed by atoms with Crippen molar-refractivity contribution in [1.82, 2.24) is 0 Å². The summed E-state index contributed by atoms with van der Waals surface area (Å²) < 4.78 is 11.9. The minimum Gasteiger partial charge on any atom is -0.492 e. The number of benzene rings is 2. The number of rotatable bonds is 7. The summed E-state index contributed by atoms with van der Waals surface area (Å²) in [6, 6.07) is 16.0. The molecule has 0 saturated carbocycles. The van der Waals surface area contributed by atoms with E-state index >= 15 is 0 Å². The van der Waals surface area contributed by atoms with Crippen LogP contribution in [-0.2, 0) is 11.3 Å². The second-order valence-electron chi connectivity index (χ2n) is 4.32. The molecule has 20 heavy (non-hydrogen) atoms. The quantitative estimate of drug-likeness (QED) is 0.773. The van der Waals surface area contributed by atoms with Crippen molar-refractivity contribution in [1.29, 1.82) is 0 Å². The Labute approximate surface area is 128 Å². The van der Waals surface area contributed by atoms with Gasteiger partial charge in [0.1, 0.15) is 12.4 Å². The van der Waals surface area contributed by atoms with Crippen LogP contribution in [0, 0.1) is 0 Å². The van der Waals surface area contributed by atoms with Crippen LogP contribution in [0.4, 0.5) is 5.69 Å². The minimum absolute atomic E-state index is 0.607. The summed E-state index contributed by atoms with van der Waals surface area (Å²) in [6.07, 6.45) is 0. The Kier molecular flexibility index (Phi) is 5.89. The first-order chi connectivity index (χ1) is 9.79. The SMILES string of the molecule is COCc1ccccc1NCCOc1cccc(Br)c1. The third-order valence-electron chi connectivity index (χ3n) is 2.80. The van der Waals surface area contributed by atoms with E-state index in [0.717, 1.165) is 28.0 Å². The molecule has 0 spiro atoms. The van der Waals surface area contributed by atoms with E-state index in [9.17, 15) is 0 Å². The average molecular weight is 336 g/mol. The molecule has 0 aromatic heterocycles. The van der Waals surface area contributed by atoms with Crippen LogP contribution in [0.1, 0.15) is 5.56 Å². The van der Waals surface area contributed by atoms with Crippen molar-refractivity contribution in [2.75, 3.05) is 25.6 Å². The second-order valence-corrected chi connectivity index (χ2v) is 5.24. The largest absolute Gasteiger partial charge is 0.492 e. The predicted molar refractivity (Wildman–Crippen MR) is 85.3 cm³/mol. The summed E-state index contributed by atoms with van der Waals surface area (Å²) >= 11 is 3.43. The Hall–Kier alpha value is -1.52. The van der Waals surface area contributed by atoms with Crippen LogP contribution in [0.25, 0.3) is 0 Å². The normalized spacial score (nSPS) is 10.3. The van der Waals surface area contributed by atoms with Gasteiger partial charge in [0.15, 0.2) is 0 Å². The fraction of sp³-hybridized carbons (Fsp3) is 0.250. The van der Waals surface area contributed by atoms with Crippen molar-refractivity contribution in [3.63, 3.8) is 0 Å². The number of halogens is 1. The molecule has 2 rings (SSSR count). The van der Waals surface area contributed by atoms with Crippen molar-refractivity contribution >= 4 is 21.6 Å². The summed E-state index contributed by atoms with van der Waals surface area (Å²) in [5.41, 5.74) is 2.24. The minimum atomic E-state index is 0.607. The molecule has 0 atom stereocenters. The number of ether oxygens (including phenoxy) is 2. The van der Waals surface area contributed by atoms with Crippen molar-refractivity contribution in [2.24, 2.45) is 0 Å². The molecule has 3 nitrogen and oxygen atoms in total. The van der Waals surface area contributed by atoms with E-state index < -0.39 is 0 Å². The molecule has 2 aromatic carbocycles. The van der Waals surface area contributed by atoms with E-state index in [1.54, 1.807) is 7.11 Å². The first kappa shape index (κ1) is 14.9. The summed E-state index contributed by atoms with van der Waals surface area (Å²) in [5, 5.41) is 3.37. The first-order valence-electron chi connectivity index (χ1n) is 6.48. The maximum atomic E-state index is 5.68. The van der Waals surface area contributed by atoms with E-state index in [2.05, 4.69) is 27.3 Å². The molecule has 2 aromatic rings. The zero-order valence-electron chi connectivity index (χ0n) is 11.4. The molecule has 0 aliphatic rings. The summed E-state index contributed by atoms with van der Waals surface area (Å²) in [5.74, 6) is 0.867.